The van der Waals surface area contributed by atoms with Crippen LogP contribution in [0.1, 0.15) is 19.4 Å². The molecule has 2 fully saturated rings. The average molecular weight is 399 g/mol. The molecule has 1 aliphatic heterocycles. The molecule has 0 N–H and O–H groups in total. The van der Waals surface area contributed by atoms with Crippen LogP contribution in [0.3, 0.4) is 0 Å². The largest absolute Gasteiger partial charge is 0.344 e. The first-order valence-corrected chi connectivity index (χ1v) is 10.1. The molecule has 4 rings (SSSR count). The summed E-state index contributed by atoms with van der Waals surface area (Å²) >= 11 is 3.54. The first kappa shape index (κ1) is 15.8. The lowest BCUT2D eigenvalue weighted by Crippen LogP contribution is -2.29. The number of allylic oxidation sites excluding steroid dienone is 1. The normalized spacial score (nSPS) is 37.7. The summed E-state index contributed by atoms with van der Waals surface area (Å²) in [6.45, 7) is 5.68. The van der Waals surface area contributed by atoms with Crippen LogP contribution in [0.5, 0.6) is 0 Å². The molecule has 1 aromatic carbocycles. The summed E-state index contributed by atoms with van der Waals surface area (Å²) < 4.78 is 38.8. The van der Waals surface area contributed by atoms with E-state index in [2.05, 4.69) is 15.9 Å². The van der Waals surface area contributed by atoms with Crippen molar-refractivity contribution in [3.63, 3.8) is 0 Å². The highest BCUT2D eigenvalue weighted by atomic mass is 79.9. The van der Waals surface area contributed by atoms with Crippen molar-refractivity contribution in [2.45, 2.75) is 48.9 Å². The predicted molar refractivity (Wildman–Crippen MR) is 90.0 cm³/mol. The molecule has 124 valence electrons. The van der Waals surface area contributed by atoms with Gasteiger partial charge in [0.05, 0.1) is 16.2 Å². The van der Waals surface area contributed by atoms with E-state index < -0.39 is 20.9 Å². The monoisotopic (exact) mass is 398 g/mol. The van der Waals surface area contributed by atoms with E-state index in [1.165, 1.54) is 0 Å². The third-order valence-electron chi connectivity index (χ3n) is 4.90. The number of sulfone groups is 1. The zero-order valence-corrected chi connectivity index (χ0v) is 15.6. The van der Waals surface area contributed by atoms with Crippen LogP contribution in [-0.4, -0.2) is 31.7 Å². The van der Waals surface area contributed by atoms with Gasteiger partial charge in [-0.05, 0) is 32.9 Å². The summed E-state index contributed by atoms with van der Waals surface area (Å²) in [6.07, 6.45) is 1.58. The maximum absolute atomic E-state index is 13.0. The topological polar surface area (TPSA) is 52.6 Å². The van der Waals surface area contributed by atoms with Crippen LogP contribution < -0.4 is 0 Å². The van der Waals surface area contributed by atoms with E-state index >= 15 is 0 Å². The maximum atomic E-state index is 13.0. The van der Waals surface area contributed by atoms with E-state index in [0.29, 0.717) is 4.90 Å². The second kappa shape index (κ2) is 4.91. The van der Waals surface area contributed by atoms with Crippen LogP contribution in [0.4, 0.5) is 0 Å². The molecule has 0 aromatic heterocycles. The van der Waals surface area contributed by atoms with E-state index in [0.717, 1.165) is 10.0 Å². The molecule has 1 aromatic rings. The van der Waals surface area contributed by atoms with Crippen LogP contribution in [0.2, 0.25) is 0 Å². The zero-order valence-electron chi connectivity index (χ0n) is 13.2. The number of benzene rings is 1. The SMILES string of the molecule is Cc1ccc(S(=O)(=O)C2[C@H]3[C@@H]4OC(C)(C)O[C@H]4C(Br)=C[C@H]23)cc1. The van der Waals surface area contributed by atoms with E-state index in [4.69, 9.17) is 9.47 Å². The molecule has 5 atom stereocenters. The summed E-state index contributed by atoms with van der Waals surface area (Å²) in [4.78, 5) is 0.391. The Kier molecular flexibility index (Phi) is 3.38. The Morgan fingerprint density at radius 1 is 1.13 bits per heavy atom. The van der Waals surface area contributed by atoms with Crippen molar-refractivity contribution in [1.29, 1.82) is 0 Å². The number of ether oxygens (including phenoxy) is 2. The maximum Gasteiger partial charge on any atom is 0.182 e. The summed E-state index contributed by atoms with van der Waals surface area (Å²) in [6, 6.07) is 7.07. The number of hydrogen-bond acceptors (Lipinski definition) is 4. The molecule has 1 unspecified atom stereocenters. The Morgan fingerprint density at radius 2 is 1.78 bits per heavy atom. The first-order chi connectivity index (χ1) is 10.7. The Morgan fingerprint density at radius 3 is 2.43 bits per heavy atom. The Balaban J connectivity index is 1.67. The van der Waals surface area contributed by atoms with Gasteiger partial charge in [0.15, 0.2) is 15.6 Å². The van der Waals surface area contributed by atoms with Gasteiger partial charge in [-0.15, -0.1) is 0 Å². The van der Waals surface area contributed by atoms with Gasteiger partial charge in [-0.3, -0.25) is 0 Å². The summed E-state index contributed by atoms with van der Waals surface area (Å²) in [5.41, 5.74) is 1.05. The number of fused-ring (bicyclic) bond motifs is 3. The molecule has 0 bridgehead atoms. The van der Waals surface area contributed by atoms with E-state index in [9.17, 15) is 8.42 Å². The van der Waals surface area contributed by atoms with Crippen LogP contribution in [0.15, 0.2) is 39.7 Å². The van der Waals surface area contributed by atoms with Crippen LogP contribution >= 0.6 is 15.9 Å². The van der Waals surface area contributed by atoms with Crippen molar-refractivity contribution in [3.8, 4) is 0 Å². The van der Waals surface area contributed by atoms with Crippen molar-refractivity contribution in [2.24, 2.45) is 11.8 Å². The Bertz CT molecular complexity index is 781. The fraction of sp³-hybridized carbons (Fsp3) is 0.529. The molecule has 4 nitrogen and oxygen atoms in total. The molecule has 0 radical (unpaired) electrons. The first-order valence-electron chi connectivity index (χ1n) is 7.74. The number of halogens is 1. The summed E-state index contributed by atoms with van der Waals surface area (Å²) in [7, 11) is -3.37. The smallest absolute Gasteiger partial charge is 0.182 e. The quantitative estimate of drug-likeness (QED) is 0.767. The summed E-state index contributed by atoms with van der Waals surface area (Å²) in [5, 5.41) is -0.426. The third-order valence-corrected chi connectivity index (χ3v) is 7.89. The minimum atomic E-state index is -3.37. The van der Waals surface area contributed by atoms with Gasteiger partial charge in [-0.25, -0.2) is 8.42 Å². The van der Waals surface area contributed by atoms with Crippen molar-refractivity contribution in [3.05, 3.63) is 40.4 Å². The number of rotatable bonds is 2. The van der Waals surface area contributed by atoms with Gasteiger partial charge in [0.25, 0.3) is 0 Å². The second-order valence-electron chi connectivity index (χ2n) is 7.05. The third kappa shape index (κ3) is 2.42. The van der Waals surface area contributed by atoms with Crippen LogP contribution in [0.25, 0.3) is 0 Å². The van der Waals surface area contributed by atoms with E-state index in [1.807, 2.05) is 39.0 Å². The van der Waals surface area contributed by atoms with Gasteiger partial charge in [0.1, 0.15) is 6.10 Å². The number of hydrogen-bond donors (Lipinski definition) is 0. The fourth-order valence-electron chi connectivity index (χ4n) is 3.80. The zero-order chi connectivity index (χ0) is 16.6. The average Bonchev–Trinajstić information content (AvgIpc) is 3.08. The van der Waals surface area contributed by atoms with Gasteiger partial charge in [0.2, 0.25) is 0 Å². The highest BCUT2D eigenvalue weighted by molar-refractivity contribution is 9.11. The molecule has 0 amide bonds. The number of aryl methyl sites for hydroxylation is 1. The highest BCUT2D eigenvalue weighted by Gasteiger charge is 2.67. The van der Waals surface area contributed by atoms with E-state index in [-0.39, 0.29) is 24.0 Å². The minimum Gasteiger partial charge on any atom is -0.344 e. The van der Waals surface area contributed by atoms with Crippen molar-refractivity contribution in [1.82, 2.24) is 0 Å². The van der Waals surface area contributed by atoms with Gasteiger partial charge >= 0.3 is 0 Å². The fourth-order valence-corrected chi connectivity index (χ4v) is 6.62. The van der Waals surface area contributed by atoms with Gasteiger partial charge in [0, 0.05) is 16.3 Å². The lowest BCUT2D eigenvalue weighted by Gasteiger charge is -2.19. The molecular weight excluding hydrogens is 380 g/mol. The Labute approximate surface area is 144 Å². The van der Waals surface area contributed by atoms with Crippen molar-refractivity contribution >= 4 is 25.8 Å². The lowest BCUT2D eigenvalue weighted by molar-refractivity contribution is -0.144. The van der Waals surface area contributed by atoms with Crippen molar-refractivity contribution in [2.75, 3.05) is 0 Å². The predicted octanol–water partition coefficient (Wildman–Crippen LogP) is 3.20. The lowest BCUT2D eigenvalue weighted by atomic mass is 10.0. The summed E-state index contributed by atoms with van der Waals surface area (Å²) in [5.74, 6) is -0.721. The molecule has 1 saturated carbocycles. The van der Waals surface area contributed by atoms with Crippen LogP contribution in [0, 0.1) is 18.8 Å². The van der Waals surface area contributed by atoms with Crippen molar-refractivity contribution < 1.29 is 17.9 Å². The van der Waals surface area contributed by atoms with Gasteiger partial charge < -0.3 is 9.47 Å². The highest BCUT2D eigenvalue weighted by Crippen LogP contribution is 2.58. The second-order valence-corrected chi connectivity index (χ2v) is 10.1. The van der Waals surface area contributed by atoms with Gasteiger partial charge in [-0.2, -0.15) is 0 Å². The molecule has 1 saturated heterocycles. The standard InChI is InChI=1S/C17H19BrO4S/c1-9-4-6-10(7-5-9)23(19,20)16-11-8-12(18)14-15(13(11)16)22-17(2,3)21-14/h4-8,11,13-16H,1-3H3/t11-,13+,14-,15-,16?/m0/s1. The molecule has 23 heavy (non-hydrogen) atoms. The molecule has 6 heteroatoms. The minimum absolute atomic E-state index is 0.00516. The Hall–Kier alpha value is -0.690. The van der Waals surface area contributed by atoms with E-state index in [1.54, 1.807) is 12.1 Å². The molecule has 0 spiro atoms. The molecule has 1 heterocycles. The molecule has 2 aliphatic carbocycles. The molecule has 3 aliphatic rings. The van der Waals surface area contributed by atoms with Crippen LogP contribution in [-0.2, 0) is 19.3 Å². The molecular formula is C17H19BrO4S. The van der Waals surface area contributed by atoms with Gasteiger partial charge in [-0.1, -0.05) is 39.7 Å².